The van der Waals surface area contributed by atoms with E-state index in [1.165, 1.54) is 0 Å². The van der Waals surface area contributed by atoms with Crippen molar-refractivity contribution in [1.82, 2.24) is 24.8 Å². The fraction of sp³-hybridized carbons (Fsp3) is 0.364. The number of anilines is 1. The molecule has 0 aliphatic carbocycles. The summed E-state index contributed by atoms with van der Waals surface area (Å²) in [5, 5.41) is 15.3. The maximum Gasteiger partial charge on any atom is 0.426 e. The Balaban J connectivity index is 1.63. The van der Waals surface area contributed by atoms with E-state index in [0.717, 1.165) is 24.5 Å². The summed E-state index contributed by atoms with van der Waals surface area (Å²) in [5.41, 5.74) is -1.84. The number of halogens is 8. The molecule has 1 aromatic carbocycles. The molecule has 4 N–H and O–H groups in total. The summed E-state index contributed by atoms with van der Waals surface area (Å²) < 4.78 is 110. The third-order valence-electron chi connectivity index (χ3n) is 6.23. The van der Waals surface area contributed by atoms with Crippen LogP contribution < -0.4 is 11.1 Å². The van der Waals surface area contributed by atoms with Gasteiger partial charge < -0.3 is 21.1 Å². The number of carbonyl (C=O) groups is 2. The highest BCUT2D eigenvalue weighted by Crippen LogP contribution is 2.39. The molecule has 1 aliphatic rings. The van der Waals surface area contributed by atoms with Gasteiger partial charge in [-0.2, -0.15) is 31.4 Å². The minimum absolute atomic E-state index is 0.198. The topological polar surface area (TPSA) is 126 Å². The molecule has 17 heteroatoms. The Morgan fingerprint density at radius 2 is 1.82 bits per heavy atom. The number of hydrogen-bond acceptors (Lipinski definition) is 6. The Hall–Kier alpha value is -4.02. The average Bonchev–Trinajstić information content (AvgIpc) is 3.39. The van der Waals surface area contributed by atoms with E-state index in [1.807, 2.05) is 0 Å². The lowest BCUT2D eigenvalue weighted by atomic mass is 10.0. The van der Waals surface area contributed by atoms with Crippen molar-refractivity contribution in [2.24, 2.45) is 0 Å². The van der Waals surface area contributed by atoms with E-state index < -0.39 is 94.6 Å². The van der Waals surface area contributed by atoms with Crippen molar-refractivity contribution < 1.29 is 49.8 Å². The number of aromatic nitrogens is 3. The normalized spacial score (nSPS) is 19.8. The Morgan fingerprint density at radius 1 is 1.15 bits per heavy atom. The highest BCUT2D eigenvalue weighted by atomic mass is 19.4. The molecule has 0 spiro atoms. The first-order valence-electron chi connectivity index (χ1n) is 11.0. The Labute approximate surface area is 213 Å². The van der Waals surface area contributed by atoms with Crippen LogP contribution in [0.3, 0.4) is 0 Å². The highest BCUT2D eigenvalue weighted by Gasteiger charge is 2.58. The minimum atomic E-state index is -5.36. The van der Waals surface area contributed by atoms with Crippen LogP contribution in [-0.4, -0.2) is 73.5 Å². The number of aliphatic hydroxyl groups is 1. The maximum atomic E-state index is 15.5. The van der Waals surface area contributed by atoms with E-state index in [-0.39, 0.29) is 6.92 Å². The number of fused-ring (bicyclic) bond motifs is 1. The van der Waals surface area contributed by atoms with Gasteiger partial charge >= 0.3 is 12.4 Å². The molecule has 9 nitrogen and oxygen atoms in total. The summed E-state index contributed by atoms with van der Waals surface area (Å²) in [6.07, 6.45) is -11.5. The van der Waals surface area contributed by atoms with Crippen molar-refractivity contribution in [1.29, 1.82) is 0 Å². The van der Waals surface area contributed by atoms with Gasteiger partial charge in [0.15, 0.2) is 5.82 Å². The number of likely N-dealkylation sites (tertiary alicyclic amines) is 1. The van der Waals surface area contributed by atoms with Gasteiger partial charge in [0, 0.05) is 12.1 Å². The molecule has 4 rings (SSSR count). The number of rotatable bonds is 4. The van der Waals surface area contributed by atoms with Gasteiger partial charge in [0.25, 0.3) is 11.8 Å². The molecule has 1 unspecified atom stereocenters. The fourth-order valence-corrected chi connectivity index (χ4v) is 4.12. The predicted octanol–water partition coefficient (Wildman–Crippen LogP) is 2.73. The van der Waals surface area contributed by atoms with Gasteiger partial charge in [-0.15, -0.1) is 0 Å². The number of amides is 2. The number of nitrogens with two attached hydrogens (primary N) is 1. The largest absolute Gasteiger partial charge is 0.426 e. The van der Waals surface area contributed by atoms with E-state index in [0.29, 0.717) is 15.5 Å². The fourth-order valence-electron chi connectivity index (χ4n) is 4.12. The quantitative estimate of drug-likeness (QED) is 0.417. The summed E-state index contributed by atoms with van der Waals surface area (Å²) >= 11 is 0. The number of nitrogens with zero attached hydrogens (tertiary/aromatic N) is 4. The molecule has 39 heavy (non-hydrogen) atoms. The van der Waals surface area contributed by atoms with Crippen LogP contribution in [0.15, 0.2) is 30.6 Å². The van der Waals surface area contributed by atoms with Crippen molar-refractivity contribution in [2.75, 3.05) is 18.8 Å². The summed E-state index contributed by atoms with van der Waals surface area (Å²) in [6.45, 7) is -1.47. The molecule has 2 amide bonds. The summed E-state index contributed by atoms with van der Waals surface area (Å²) in [7, 11) is 0. The number of carbonyl (C=O) groups excluding carboxylic acids is 2. The van der Waals surface area contributed by atoms with Crippen LogP contribution in [0, 0.1) is 5.82 Å². The molecule has 0 radical (unpaired) electrons. The number of benzene rings is 1. The molecule has 1 saturated heterocycles. The van der Waals surface area contributed by atoms with E-state index in [9.17, 15) is 45.4 Å². The Kier molecular flexibility index (Phi) is 6.69. The number of nitrogens with one attached hydrogen (secondary N) is 1. The Bertz CT molecular complexity index is 1450. The SMILES string of the molecule is CC(O)(C(=O)N1C[C@H](F)[C@H](NC(=O)c2cccc(-c3cc(C(F)(F)F)c4c(N)ncnn34)c2F)C1)C(F)(F)F. The van der Waals surface area contributed by atoms with Gasteiger partial charge in [-0.25, -0.2) is 18.3 Å². The number of nitrogen functional groups attached to an aromatic ring is 1. The lowest BCUT2D eigenvalue weighted by Gasteiger charge is -2.29. The van der Waals surface area contributed by atoms with Crippen LogP contribution in [0.2, 0.25) is 0 Å². The van der Waals surface area contributed by atoms with E-state index in [1.54, 1.807) is 0 Å². The van der Waals surface area contributed by atoms with Crippen LogP contribution in [0.5, 0.6) is 0 Å². The second-order valence-electron chi connectivity index (χ2n) is 8.89. The van der Waals surface area contributed by atoms with Gasteiger partial charge in [-0.05, 0) is 25.1 Å². The molecule has 1 fully saturated rings. The van der Waals surface area contributed by atoms with Crippen LogP contribution in [-0.2, 0) is 11.0 Å². The molecule has 0 bridgehead atoms. The average molecular weight is 566 g/mol. The zero-order valence-electron chi connectivity index (χ0n) is 19.6. The minimum Gasteiger partial charge on any atom is -0.382 e. The van der Waals surface area contributed by atoms with Crippen molar-refractivity contribution in [3.05, 3.63) is 47.5 Å². The van der Waals surface area contributed by atoms with E-state index in [2.05, 4.69) is 15.4 Å². The zero-order valence-corrected chi connectivity index (χ0v) is 19.6. The third-order valence-corrected chi connectivity index (χ3v) is 6.23. The Morgan fingerprint density at radius 3 is 2.44 bits per heavy atom. The van der Waals surface area contributed by atoms with Crippen molar-refractivity contribution >= 4 is 23.1 Å². The maximum absolute atomic E-state index is 15.5. The molecule has 0 saturated carbocycles. The summed E-state index contributed by atoms with van der Waals surface area (Å²) in [6, 6.07) is 2.11. The van der Waals surface area contributed by atoms with Crippen LogP contribution in [0.4, 0.5) is 40.9 Å². The first-order valence-corrected chi connectivity index (χ1v) is 11.0. The lowest BCUT2D eigenvalue weighted by molar-refractivity contribution is -0.249. The monoisotopic (exact) mass is 566 g/mol. The lowest BCUT2D eigenvalue weighted by Crippen LogP contribution is -2.56. The van der Waals surface area contributed by atoms with Gasteiger partial charge in [-0.3, -0.25) is 9.59 Å². The third kappa shape index (κ3) is 4.81. The first kappa shape index (κ1) is 28.0. The van der Waals surface area contributed by atoms with Gasteiger partial charge in [0.2, 0.25) is 5.60 Å². The second-order valence-corrected chi connectivity index (χ2v) is 8.89. The second kappa shape index (κ2) is 9.32. The number of hydrogen-bond donors (Lipinski definition) is 3. The molecular weight excluding hydrogens is 548 g/mol. The predicted molar refractivity (Wildman–Crippen MR) is 117 cm³/mol. The van der Waals surface area contributed by atoms with Crippen molar-refractivity contribution in [3.8, 4) is 11.3 Å². The van der Waals surface area contributed by atoms with Crippen molar-refractivity contribution in [2.45, 2.75) is 37.1 Å². The van der Waals surface area contributed by atoms with Crippen LogP contribution in [0.25, 0.3) is 16.8 Å². The molecule has 3 atom stereocenters. The zero-order chi connectivity index (χ0) is 29.1. The summed E-state index contributed by atoms with van der Waals surface area (Å²) in [5.74, 6) is -4.97. The standard InChI is InChI=1S/C22H18F8N6O3/c1-20(39,22(28,29)30)19(38)35-6-12(23)13(7-35)34-18(37)10-4-2-3-9(15(10)24)14-5-11(21(25,26)27)16-17(31)32-8-33-36(14)16/h2-5,8,12-13,39H,6-7H2,1H3,(H,34,37)(H2,31,32,33)/t12-,13+,20?/m0/s1. The first-order chi connectivity index (χ1) is 17.9. The molecule has 3 aromatic rings. The molecule has 2 aromatic heterocycles. The highest BCUT2D eigenvalue weighted by molar-refractivity contribution is 5.96. The molecular formula is C22H18F8N6O3. The van der Waals surface area contributed by atoms with E-state index in [4.69, 9.17) is 5.73 Å². The number of alkyl halides is 7. The smallest absolute Gasteiger partial charge is 0.382 e. The van der Waals surface area contributed by atoms with Crippen molar-refractivity contribution in [3.63, 3.8) is 0 Å². The van der Waals surface area contributed by atoms with E-state index >= 15 is 4.39 Å². The van der Waals surface area contributed by atoms with Gasteiger partial charge in [0.1, 0.15) is 23.8 Å². The van der Waals surface area contributed by atoms with Gasteiger partial charge in [0.05, 0.1) is 29.4 Å². The summed E-state index contributed by atoms with van der Waals surface area (Å²) in [4.78, 5) is 28.8. The molecule has 3 heterocycles. The molecule has 210 valence electrons. The van der Waals surface area contributed by atoms with Gasteiger partial charge in [-0.1, -0.05) is 6.07 Å². The van der Waals surface area contributed by atoms with Crippen LogP contribution >= 0.6 is 0 Å². The molecule has 1 aliphatic heterocycles. The van der Waals surface area contributed by atoms with Crippen LogP contribution in [0.1, 0.15) is 22.8 Å².